The smallest absolute Gasteiger partial charge is 0.250 e. The van der Waals surface area contributed by atoms with Crippen molar-refractivity contribution < 1.29 is 14.0 Å². The number of nitrogens with zero attached hydrogens (tertiary/aromatic N) is 1. The van der Waals surface area contributed by atoms with E-state index >= 15 is 0 Å². The predicted octanol–water partition coefficient (Wildman–Crippen LogP) is 2.94. The average Bonchev–Trinajstić information content (AvgIpc) is 3.14. The van der Waals surface area contributed by atoms with Gasteiger partial charge in [0.25, 0.3) is 5.91 Å². The fraction of sp³-hybridized carbons (Fsp3) is 0.368. The van der Waals surface area contributed by atoms with E-state index in [2.05, 4.69) is 10.2 Å². The molecule has 0 saturated carbocycles. The maximum atomic E-state index is 12.2. The van der Waals surface area contributed by atoms with Crippen LogP contribution >= 0.6 is 0 Å². The number of aryl methyl sites for hydroxylation is 1. The zero-order valence-corrected chi connectivity index (χ0v) is 14.2. The fourth-order valence-electron chi connectivity index (χ4n) is 3.13. The van der Waals surface area contributed by atoms with Crippen LogP contribution in [-0.4, -0.2) is 24.9 Å². The lowest BCUT2D eigenvalue weighted by atomic mass is 10.1. The highest BCUT2D eigenvalue weighted by Crippen LogP contribution is 2.27. The Morgan fingerprint density at radius 2 is 1.96 bits per heavy atom. The third-order valence-corrected chi connectivity index (χ3v) is 4.42. The summed E-state index contributed by atoms with van der Waals surface area (Å²) in [5.74, 6) is 0.248. The van der Waals surface area contributed by atoms with Gasteiger partial charge in [0, 0.05) is 31.6 Å². The lowest BCUT2D eigenvalue weighted by Gasteiger charge is -2.30. The molecule has 1 aliphatic heterocycles. The van der Waals surface area contributed by atoms with Crippen LogP contribution in [-0.2, 0) is 11.2 Å². The van der Waals surface area contributed by atoms with Crippen LogP contribution in [0.5, 0.6) is 0 Å². The van der Waals surface area contributed by atoms with Gasteiger partial charge in [0.2, 0.25) is 5.91 Å². The Labute approximate surface area is 147 Å². The topological polar surface area (TPSA) is 88.6 Å². The third-order valence-electron chi connectivity index (χ3n) is 4.42. The van der Waals surface area contributed by atoms with Crippen molar-refractivity contribution in [2.24, 2.45) is 5.73 Å². The minimum Gasteiger partial charge on any atom is -0.469 e. The molecular weight excluding hydrogens is 318 g/mol. The van der Waals surface area contributed by atoms with E-state index in [1.807, 2.05) is 12.1 Å². The van der Waals surface area contributed by atoms with Crippen LogP contribution in [0, 0.1) is 0 Å². The molecule has 1 aromatic heterocycles. The van der Waals surface area contributed by atoms with Crippen LogP contribution in [0.3, 0.4) is 0 Å². The lowest BCUT2D eigenvalue weighted by Crippen LogP contribution is -2.31. The summed E-state index contributed by atoms with van der Waals surface area (Å²) in [5, 5.41) is 2.89. The number of piperidine rings is 1. The third kappa shape index (κ3) is 4.41. The minimum atomic E-state index is -0.448. The molecule has 6 heteroatoms. The quantitative estimate of drug-likeness (QED) is 0.845. The number of hydrogen-bond donors (Lipinski definition) is 2. The number of rotatable bonds is 6. The highest BCUT2D eigenvalue weighted by molar-refractivity contribution is 6.00. The second-order valence-electron chi connectivity index (χ2n) is 6.27. The first-order valence-corrected chi connectivity index (χ1v) is 8.64. The van der Waals surface area contributed by atoms with Gasteiger partial charge in [-0.05, 0) is 49.6 Å². The van der Waals surface area contributed by atoms with E-state index in [-0.39, 0.29) is 5.91 Å². The first kappa shape index (κ1) is 17.1. The second-order valence-corrected chi connectivity index (χ2v) is 6.27. The monoisotopic (exact) mass is 341 g/mol. The molecule has 0 aliphatic carbocycles. The molecule has 2 aromatic rings. The summed E-state index contributed by atoms with van der Waals surface area (Å²) in [6, 6.07) is 8.91. The maximum absolute atomic E-state index is 12.2. The van der Waals surface area contributed by atoms with E-state index in [9.17, 15) is 9.59 Å². The highest BCUT2D eigenvalue weighted by atomic mass is 16.3. The first-order chi connectivity index (χ1) is 12.1. The molecule has 2 amide bonds. The van der Waals surface area contributed by atoms with Crippen LogP contribution in [0.25, 0.3) is 0 Å². The Morgan fingerprint density at radius 3 is 2.64 bits per heavy atom. The zero-order valence-electron chi connectivity index (χ0n) is 14.2. The summed E-state index contributed by atoms with van der Waals surface area (Å²) in [6.45, 7) is 1.80. The highest BCUT2D eigenvalue weighted by Gasteiger charge is 2.18. The Kier molecular flexibility index (Phi) is 5.38. The molecule has 0 unspecified atom stereocenters. The molecule has 1 saturated heterocycles. The first-order valence-electron chi connectivity index (χ1n) is 8.64. The molecule has 3 rings (SSSR count). The lowest BCUT2D eigenvalue weighted by molar-refractivity contribution is -0.116. The molecular formula is C19H23N3O3. The van der Waals surface area contributed by atoms with E-state index in [4.69, 9.17) is 10.2 Å². The number of anilines is 2. The van der Waals surface area contributed by atoms with Crippen molar-refractivity contribution in [1.29, 1.82) is 0 Å². The van der Waals surface area contributed by atoms with Crippen LogP contribution in [0.1, 0.15) is 41.8 Å². The summed E-state index contributed by atoms with van der Waals surface area (Å²) in [6.07, 6.45) is 5.88. The van der Waals surface area contributed by atoms with Crippen molar-refractivity contribution in [3.63, 3.8) is 0 Å². The van der Waals surface area contributed by atoms with Gasteiger partial charge in [0.15, 0.2) is 0 Å². The van der Waals surface area contributed by atoms with Crippen molar-refractivity contribution >= 4 is 23.2 Å². The molecule has 0 atom stereocenters. The molecule has 2 heterocycles. The fourth-order valence-corrected chi connectivity index (χ4v) is 3.13. The van der Waals surface area contributed by atoms with Crippen molar-refractivity contribution in [3.8, 4) is 0 Å². The number of carbonyl (C=O) groups excluding carboxylic acids is 2. The number of primary amides is 1. The summed E-state index contributed by atoms with van der Waals surface area (Å²) in [7, 11) is 0. The molecule has 132 valence electrons. The van der Waals surface area contributed by atoms with Crippen molar-refractivity contribution in [2.75, 3.05) is 23.3 Å². The molecule has 1 aromatic carbocycles. The van der Waals surface area contributed by atoms with Gasteiger partial charge in [0.05, 0.1) is 17.5 Å². The van der Waals surface area contributed by atoms with Gasteiger partial charge in [-0.15, -0.1) is 0 Å². The largest absolute Gasteiger partial charge is 0.469 e. The maximum Gasteiger partial charge on any atom is 0.250 e. The Morgan fingerprint density at radius 1 is 1.16 bits per heavy atom. The number of amides is 2. The van der Waals surface area contributed by atoms with Gasteiger partial charge in [-0.25, -0.2) is 0 Å². The van der Waals surface area contributed by atoms with Crippen LogP contribution in [0.4, 0.5) is 11.4 Å². The minimum absolute atomic E-state index is 0.0900. The zero-order chi connectivity index (χ0) is 17.6. The van der Waals surface area contributed by atoms with Crippen LogP contribution in [0.2, 0.25) is 0 Å². The van der Waals surface area contributed by atoms with Crippen LogP contribution in [0.15, 0.2) is 41.0 Å². The summed E-state index contributed by atoms with van der Waals surface area (Å²) in [4.78, 5) is 26.1. The van der Waals surface area contributed by atoms with Crippen molar-refractivity contribution in [1.82, 2.24) is 0 Å². The molecule has 25 heavy (non-hydrogen) atoms. The number of benzene rings is 1. The van der Waals surface area contributed by atoms with E-state index in [0.717, 1.165) is 37.4 Å². The van der Waals surface area contributed by atoms with Crippen molar-refractivity contribution in [3.05, 3.63) is 47.9 Å². The summed E-state index contributed by atoms with van der Waals surface area (Å²) in [5.41, 5.74) is 7.48. The predicted molar refractivity (Wildman–Crippen MR) is 96.7 cm³/mol. The number of hydrogen-bond acceptors (Lipinski definition) is 4. The van der Waals surface area contributed by atoms with Gasteiger partial charge in [-0.3, -0.25) is 9.59 Å². The van der Waals surface area contributed by atoms with E-state index in [0.29, 0.717) is 24.1 Å². The Bertz CT molecular complexity index is 734. The van der Waals surface area contributed by atoms with Crippen LogP contribution < -0.4 is 16.0 Å². The second kappa shape index (κ2) is 7.88. The standard InChI is InChI=1S/C19H23N3O3/c20-19(24)16-8-6-14(13-17(16)22-10-2-1-3-11-22)21-18(23)9-7-15-5-4-12-25-15/h4-6,8,12-13H,1-3,7,9-11H2,(H2,20,24)(H,21,23). The molecule has 1 fully saturated rings. The SMILES string of the molecule is NC(=O)c1ccc(NC(=O)CCc2ccco2)cc1N1CCCCC1. The molecule has 0 radical (unpaired) electrons. The van der Waals surface area contributed by atoms with E-state index in [1.54, 1.807) is 24.5 Å². The number of carbonyl (C=O) groups is 2. The molecule has 1 aliphatic rings. The van der Waals surface area contributed by atoms with Crippen molar-refractivity contribution in [2.45, 2.75) is 32.1 Å². The van der Waals surface area contributed by atoms with E-state index in [1.165, 1.54) is 6.42 Å². The van der Waals surface area contributed by atoms with Gasteiger partial charge >= 0.3 is 0 Å². The number of nitrogens with one attached hydrogen (secondary N) is 1. The molecule has 0 spiro atoms. The summed E-state index contributed by atoms with van der Waals surface area (Å²) >= 11 is 0. The Balaban J connectivity index is 1.70. The normalized spacial score (nSPS) is 14.3. The van der Waals surface area contributed by atoms with Gasteiger partial charge in [0.1, 0.15) is 5.76 Å². The molecule has 0 bridgehead atoms. The molecule has 6 nitrogen and oxygen atoms in total. The van der Waals surface area contributed by atoms with Gasteiger partial charge < -0.3 is 20.4 Å². The summed E-state index contributed by atoms with van der Waals surface area (Å²) < 4.78 is 5.24. The average molecular weight is 341 g/mol. The van der Waals surface area contributed by atoms with Gasteiger partial charge in [-0.2, -0.15) is 0 Å². The number of furan rings is 1. The number of nitrogens with two attached hydrogens (primary N) is 1. The Hall–Kier alpha value is -2.76. The van der Waals surface area contributed by atoms with E-state index < -0.39 is 5.91 Å². The molecule has 3 N–H and O–H groups in total. The van der Waals surface area contributed by atoms with Gasteiger partial charge in [-0.1, -0.05) is 0 Å².